The molecule has 1 rings (SSSR count). The van der Waals surface area contributed by atoms with Crippen LogP contribution >= 0.6 is 0 Å². The molecule has 0 bridgehead atoms. The fourth-order valence-electron chi connectivity index (χ4n) is 1.53. The van der Waals surface area contributed by atoms with Crippen molar-refractivity contribution in [2.45, 2.75) is 6.92 Å². The average Bonchev–Trinajstić information content (AvgIpc) is 2.70. The molecule has 0 aliphatic heterocycles. The fourth-order valence-corrected chi connectivity index (χ4v) is 1.53. The molecule has 0 fully saturated rings. The first-order valence-electron chi connectivity index (χ1n) is 5.58. The first-order chi connectivity index (χ1) is 8.86. The van der Waals surface area contributed by atoms with Crippen LogP contribution in [0.4, 0.5) is 5.69 Å². The van der Waals surface area contributed by atoms with Crippen molar-refractivity contribution in [1.82, 2.24) is 9.47 Å². The van der Waals surface area contributed by atoms with Crippen molar-refractivity contribution >= 4 is 17.6 Å². The zero-order chi connectivity index (χ0) is 14.6. The molecule has 104 valence electrons. The summed E-state index contributed by atoms with van der Waals surface area (Å²) in [7, 11) is 2.95. The van der Waals surface area contributed by atoms with Crippen molar-refractivity contribution in [1.29, 1.82) is 0 Å². The number of esters is 1. The number of likely N-dealkylation sites (N-methyl/N-ethyl adjacent to an activating group) is 1. The standard InChI is InChI=1S/C11H15N3O5/c1-4-19-10(15)7-13(3)11(16)9-5-8(14(17)18)6-12(9)2/h5-6H,4,7H2,1-3H3. The number of nitrogens with zero attached hydrogens (tertiary/aromatic N) is 3. The van der Waals surface area contributed by atoms with E-state index in [0.29, 0.717) is 0 Å². The van der Waals surface area contributed by atoms with Gasteiger partial charge >= 0.3 is 5.97 Å². The van der Waals surface area contributed by atoms with Crippen molar-refractivity contribution in [3.8, 4) is 0 Å². The largest absolute Gasteiger partial charge is 0.465 e. The summed E-state index contributed by atoms with van der Waals surface area (Å²) in [6.45, 7) is 1.70. The number of hydrogen-bond acceptors (Lipinski definition) is 5. The van der Waals surface area contributed by atoms with E-state index in [1.807, 2.05) is 0 Å². The molecule has 1 heterocycles. The van der Waals surface area contributed by atoms with E-state index < -0.39 is 16.8 Å². The molecule has 0 aliphatic carbocycles. The van der Waals surface area contributed by atoms with Crippen LogP contribution in [0.15, 0.2) is 12.3 Å². The van der Waals surface area contributed by atoms with E-state index in [9.17, 15) is 19.7 Å². The summed E-state index contributed by atoms with van der Waals surface area (Å²) in [4.78, 5) is 34.5. The average molecular weight is 269 g/mol. The zero-order valence-corrected chi connectivity index (χ0v) is 11.0. The maximum absolute atomic E-state index is 12.0. The first kappa shape index (κ1) is 14.7. The molecular formula is C11H15N3O5. The minimum atomic E-state index is -0.581. The maximum atomic E-state index is 12.0. The summed E-state index contributed by atoms with van der Waals surface area (Å²) >= 11 is 0. The maximum Gasteiger partial charge on any atom is 0.325 e. The van der Waals surface area contributed by atoms with Crippen LogP contribution in [0.3, 0.4) is 0 Å². The van der Waals surface area contributed by atoms with Crippen LogP contribution in [0.25, 0.3) is 0 Å². The van der Waals surface area contributed by atoms with Crippen molar-refractivity contribution in [3.63, 3.8) is 0 Å². The van der Waals surface area contributed by atoms with E-state index in [-0.39, 0.29) is 24.5 Å². The molecule has 0 aromatic carbocycles. The molecule has 0 aliphatic rings. The molecular weight excluding hydrogens is 254 g/mol. The number of aryl methyl sites for hydroxylation is 1. The van der Waals surface area contributed by atoms with Crippen LogP contribution in [0, 0.1) is 10.1 Å². The topological polar surface area (TPSA) is 94.7 Å². The Morgan fingerprint density at radius 1 is 1.53 bits per heavy atom. The highest BCUT2D eigenvalue weighted by atomic mass is 16.6. The highest BCUT2D eigenvalue weighted by Gasteiger charge is 2.22. The van der Waals surface area contributed by atoms with Gasteiger partial charge in [-0.05, 0) is 6.92 Å². The minimum absolute atomic E-state index is 0.137. The second-order valence-corrected chi connectivity index (χ2v) is 3.92. The number of carbonyl (C=O) groups excluding carboxylic acids is 2. The van der Waals surface area contributed by atoms with E-state index in [1.165, 1.54) is 30.9 Å². The van der Waals surface area contributed by atoms with Gasteiger partial charge in [0.25, 0.3) is 11.6 Å². The third-order valence-corrected chi connectivity index (χ3v) is 2.44. The number of hydrogen-bond donors (Lipinski definition) is 0. The summed E-state index contributed by atoms with van der Waals surface area (Å²) in [5.41, 5.74) is -0.0334. The van der Waals surface area contributed by atoms with E-state index in [2.05, 4.69) is 0 Å². The first-order valence-corrected chi connectivity index (χ1v) is 5.58. The van der Waals surface area contributed by atoms with Gasteiger partial charge in [0, 0.05) is 20.2 Å². The van der Waals surface area contributed by atoms with Crippen molar-refractivity contribution in [2.24, 2.45) is 7.05 Å². The lowest BCUT2D eigenvalue weighted by atomic mass is 10.3. The molecule has 8 heteroatoms. The van der Waals surface area contributed by atoms with Gasteiger partial charge < -0.3 is 14.2 Å². The second-order valence-electron chi connectivity index (χ2n) is 3.92. The highest BCUT2D eigenvalue weighted by Crippen LogP contribution is 2.16. The molecule has 0 spiro atoms. The van der Waals surface area contributed by atoms with E-state index >= 15 is 0 Å². The van der Waals surface area contributed by atoms with Gasteiger partial charge in [-0.3, -0.25) is 19.7 Å². The predicted octanol–water partition coefficient (Wildman–Crippen LogP) is 0.568. The van der Waals surface area contributed by atoms with Gasteiger partial charge in [-0.25, -0.2) is 0 Å². The SMILES string of the molecule is CCOC(=O)CN(C)C(=O)c1cc([N+](=O)[O-])cn1C. The molecule has 1 aromatic heterocycles. The molecule has 1 amide bonds. The Morgan fingerprint density at radius 3 is 2.63 bits per heavy atom. The third kappa shape index (κ3) is 3.54. The van der Waals surface area contributed by atoms with Crippen molar-refractivity contribution < 1.29 is 19.2 Å². The Kier molecular flexibility index (Phi) is 4.62. The molecule has 1 aromatic rings. The van der Waals surface area contributed by atoms with Crippen LogP contribution < -0.4 is 0 Å². The van der Waals surface area contributed by atoms with Crippen LogP contribution in [-0.4, -0.2) is 46.5 Å². The fraction of sp³-hybridized carbons (Fsp3) is 0.455. The molecule has 0 atom stereocenters. The van der Waals surface area contributed by atoms with Crippen LogP contribution in [0.2, 0.25) is 0 Å². The van der Waals surface area contributed by atoms with Gasteiger partial charge in [0.1, 0.15) is 12.2 Å². The lowest BCUT2D eigenvalue weighted by Crippen LogP contribution is -2.34. The monoisotopic (exact) mass is 269 g/mol. The normalized spacial score (nSPS) is 10.1. The third-order valence-electron chi connectivity index (χ3n) is 2.44. The Bertz CT molecular complexity index is 508. The molecule has 8 nitrogen and oxygen atoms in total. The predicted molar refractivity (Wildman–Crippen MR) is 65.7 cm³/mol. The van der Waals surface area contributed by atoms with Crippen LogP contribution in [-0.2, 0) is 16.6 Å². The molecule has 0 radical (unpaired) electrons. The zero-order valence-electron chi connectivity index (χ0n) is 11.0. The smallest absolute Gasteiger partial charge is 0.325 e. The summed E-state index contributed by atoms with van der Waals surface area (Å²) in [6, 6.07) is 1.17. The lowest BCUT2D eigenvalue weighted by molar-refractivity contribution is -0.384. The van der Waals surface area contributed by atoms with Gasteiger partial charge in [-0.1, -0.05) is 0 Å². The summed E-state index contributed by atoms with van der Waals surface area (Å²) < 4.78 is 6.07. The molecule has 0 unspecified atom stereocenters. The molecule has 19 heavy (non-hydrogen) atoms. The Balaban J connectivity index is 2.82. The number of ether oxygens (including phenoxy) is 1. The molecule has 0 saturated carbocycles. The summed E-state index contributed by atoms with van der Waals surface area (Å²) in [6.07, 6.45) is 1.24. The number of rotatable bonds is 5. The highest BCUT2D eigenvalue weighted by molar-refractivity contribution is 5.95. The Hall–Kier alpha value is -2.38. The number of amides is 1. The lowest BCUT2D eigenvalue weighted by Gasteiger charge is -2.15. The second kappa shape index (κ2) is 5.98. The quantitative estimate of drug-likeness (QED) is 0.442. The van der Waals surface area contributed by atoms with Gasteiger partial charge in [-0.15, -0.1) is 0 Å². The van der Waals surface area contributed by atoms with Gasteiger partial charge in [0.05, 0.1) is 17.7 Å². The number of aromatic nitrogens is 1. The van der Waals surface area contributed by atoms with E-state index in [1.54, 1.807) is 6.92 Å². The van der Waals surface area contributed by atoms with Crippen molar-refractivity contribution in [3.05, 3.63) is 28.1 Å². The van der Waals surface area contributed by atoms with E-state index in [0.717, 1.165) is 4.90 Å². The molecule has 0 N–H and O–H groups in total. The molecule has 0 saturated heterocycles. The Labute approximate surface area is 109 Å². The van der Waals surface area contributed by atoms with Gasteiger partial charge in [0.2, 0.25) is 0 Å². The number of nitro groups is 1. The van der Waals surface area contributed by atoms with Gasteiger partial charge in [-0.2, -0.15) is 0 Å². The van der Waals surface area contributed by atoms with Crippen molar-refractivity contribution in [2.75, 3.05) is 20.2 Å². The Morgan fingerprint density at radius 2 is 2.16 bits per heavy atom. The van der Waals surface area contributed by atoms with E-state index in [4.69, 9.17) is 4.74 Å². The summed E-state index contributed by atoms with van der Waals surface area (Å²) in [5, 5.41) is 10.6. The van der Waals surface area contributed by atoms with Crippen LogP contribution in [0.1, 0.15) is 17.4 Å². The van der Waals surface area contributed by atoms with Gasteiger partial charge in [0.15, 0.2) is 0 Å². The van der Waals surface area contributed by atoms with Crippen LogP contribution in [0.5, 0.6) is 0 Å². The minimum Gasteiger partial charge on any atom is -0.465 e. The number of carbonyl (C=O) groups is 2. The summed E-state index contributed by atoms with van der Waals surface area (Å²) in [5.74, 6) is -1.01.